The third kappa shape index (κ3) is 3.10. The summed E-state index contributed by atoms with van der Waals surface area (Å²) in [5.74, 6) is -2.21. The first kappa shape index (κ1) is 14.8. The first-order valence-electron chi connectivity index (χ1n) is 5.39. The minimum absolute atomic E-state index is 0.0300. The van der Waals surface area contributed by atoms with E-state index < -0.39 is 17.5 Å². The van der Waals surface area contributed by atoms with Gasteiger partial charge in [0.1, 0.15) is 22.4 Å². The van der Waals surface area contributed by atoms with E-state index in [0.29, 0.717) is 11.6 Å². The summed E-state index contributed by atoms with van der Waals surface area (Å²) in [7, 11) is 0. The van der Waals surface area contributed by atoms with Gasteiger partial charge < -0.3 is 11.1 Å². The molecule has 0 spiro atoms. The van der Waals surface area contributed by atoms with Crippen LogP contribution < -0.4 is 11.1 Å². The molecular weight excluding hydrogens is 353 g/mol. The Morgan fingerprint density at radius 3 is 2.25 bits per heavy atom. The van der Waals surface area contributed by atoms with Gasteiger partial charge in [-0.05, 0) is 40.2 Å². The number of nitrogens with two attached hydrogens (primary N) is 1. The number of benzene rings is 2. The highest BCUT2D eigenvalue weighted by atomic mass is 79.9. The number of rotatable bonds is 3. The highest BCUT2D eigenvalue weighted by Crippen LogP contribution is 2.27. The second-order valence-corrected chi connectivity index (χ2v) is 5.22. The lowest BCUT2D eigenvalue weighted by Gasteiger charge is -2.10. The van der Waals surface area contributed by atoms with Gasteiger partial charge >= 0.3 is 0 Å². The van der Waals surface area contributed by atoms with Gasteiger partial charge in [0.05, 0.1) is 15.8 Å². The van der Waals surface area contributed by atoms with Crippen molar-refractivity contribution in [2.24, 2.45) is 5.73 Å². The molecule has 0 saturated carbocycles. The van der Waals surface area contributed by atoms with E-state index in [9.17, 15) is 13.2 Å². The van der Waals surface area contributed by atoms with Crippen LogP contribution in [0.4, 0.5) is 24.5 Å². The quantitative estimate of drug-likeness (QED) is 0.634. The molecule has 0 aliphatic heterocycles. The summed E-state index contributed by atoms with van der Waals surface area (Å²) in [5, 5.41) is 2.54. The Morgan fingerprint density at radius 1 is 1.00 bits per heavy atom. The fourth-order valence-electron chi connectivity index (χ4n) is 1.53. The van der Waals surface area contributed by atoms with Crippen molar-refractivity contribution in [1.29, 1.82) is 0 Å². The number of nitrogens with one attached hydrogen (secondary N) is 1. The molecular formula is C13H8BrF3N2S. The summed E-state index contributed by atoms with van der Waals surface area (Å²) >= 11 is 7.66. The topological polar surface area (TPSA) is 38.0 Å². The van der Waals surface area contributed by atoms with Crippen molar-refractivity contribution in [3.05, 3.63) is 57.8 Å². The number of thiocarbonyl (C=S) groups is 1. The van der Waals surface area contributed by atoms with E-state index in [1.807, 2.05) is 0 Å². The van der Waals surface area contributed by atoms with E-state index in [2.05, 4.69) is 21.2 Å². The van der Waals surface area contributed by atoms with Crippen LogP contribution in [0.1, 0.15) is 5.56 Å². The summed E-state index contributed by atoms with van der Waals surface area (Å²) in [6.07, 6.45) is 0. The predicted octanol–water partition coefficient (Wildman–Crippen LogP) is 4.24. The Balaban J connectivity index is 2.35. The van der Waals surface area contributed by atoms with Gasteiger partial charge in [0, 0.05) is 11.6 Å². The van der Waals surface area contributed by atoms with Gasteiger partial charge in [-0.3, -0.25) is 0 Å². The summed E-state index contributed by atoms with van der Waals surface area (Å²) in [6, 6.07) is 5.91. The minimum Gasteiger partial charge on any atom is -0.389 e. The number of anilines is 2. The molecule has 0 amide bonds. The van der Waals surface area contributed by atoms with Crippen LogP contribution in [0.5, 0.6) is 0 Å². The van der Waals surface area contributed by atoms with Crippen LogP contribution in [0, 0.1) is 17.5 Å². The fourth-order valence-corrected chi connectivity index (χ4v) is 2.00. The van der Waals surface area contributed by atoms with Gasteiger partial charge in [0.2, 0.25) is 0 Å². The predicted molar refractivity (Wildman–Crippen MR) is 79.6 cm³/mol. The molecule has 0 aromatic heterocycles. The smallest absolute Gasteiger partial charge is 0.149 e. The zero-order valence-electron chi connectivity index (χ0n) is 9.88. The van der Waals surface area contributed by atoms with E-state index in [1.165, 1.54) is 18.2 Å². The van der Waals surface area contributed by atoms with Crippen LogP contribution in [-0.2, 0) is 0 Å². The molecule has 2 nitrogen and oxygen atoms in total. The van der Waals surface area contributed by atoms with Crippen molar-refractivity contribution >= 4 is 44.5 Å². The normalized spacial score (nSPS) is 10.4. The Labute approximate surface area is 126 Å². The van der Waals surface area contributed by atoms with E-state index >= 15 is 0 Å². The lowest BCUT2D eigenvalue weighted by Crippen LogP contribution is -2.10. The largest absolute Gasteiger partial charge is 0.389 e. The van der Waals surface area contributed by atoms with Crippen molar-refractivity contribution in [1.82, 2.24) is 0 Å². The van der Waals surface area contributed by atoms with Crippen molar-refractivity contribution in [2.45, 2.75) is 0 Å². The molecule has 2 aromatic carbocycles. The van der Waals surface area contributed by atoms with E-state index in [-0.39, 0.29) is 20.8 Å². The zero-order valence-corrected chi connectivity index (χ0v) is 12.3. The van der Waals surface area contributed by atoms with Crippen molar-refractivity contribution in [2.75, 3.05) is 5.32 Å². The Hall–Kier alpha value is -1.60. The molecule has 0 aliphatic rings. The molecule has 0 bridgehead atoms. The van der Waals surface area contributed by atoms with Crippen LogP contribution in [0.25, 0.3) is 0 Å². The van der Waals surface area contributed by atoms with Gasteiger partial charge in [0.25, 0.3) is 0 Å². The third-order valence-electron chi connectivity index (χ3n) is 2.53. The van der Waals surface area contributed by atoms with Gasteiger partial charge in [-0.2, -0.15) is 0 Å². The molecule has 7 heteroatoms. The number of hydrogen-bond donors (Lipinski definition) is 2. The van der Waals surface area contributed by atoms with Crippen LogP contribution in [0.2, 0.25) is 0 Å². The molecule has 0 saturated heterocycles. The SMILES string of the molecule is NC(=S)c1ccc(Nc2cc(Br)c(F)cc2F)c(F)c1. The van der Waals surface area contributed by atoms with Crippen LogP contribution in [-0.4, -0.2) is 4.99 Å². The van der Waals surface area contributed by atoms with E-state index in [1.54, 1.807) is 0 Å². The maximum Gasteiger partial charge on any atom is 0.149 e. The minimum atomic E-state index is -0.830. The molecule has 3 N–H and O–H groups in total. The Bertz CT molecular complexity index is 692. The Morgan fingerprint density at radius 2 is 1.65 bits per heavy atom. The highest BCUT2D eigenvalue weighted by Gasteiger charge is 2.11. The molecule has 2 aromatic rings. The van der Waals surface area contributed by atoms with E-state index in [0.717, 1.165) is 6.07 Å². The van der Waals surface area contributed by atoms with Crippen molar-refractivity contribution < 1.29 is 13.2 Å². The van der Waals surface area contributed by atoms with Gasteiger partial charge in [-0.1, -0.05) is 12.2 Å². The van der Waals surface area contributed by atoms with Gasteiger partial charge in [-0.25, -0.2) is 13.2 Å². The second kappa shape index (κ2) is 5.80. The molecule has 104 valence electrons. The van der Waals surface area contributed by atoms with Crippen LogP contribution >= 0.6 is 28.1 Å². The summed E-state index contributed by atoms with van der Waals surface area (Å²) in [4.78, 5) is 0.0613. The lowest BCUT2D eigenvalue weighted by molar-refractivity contribution is 0.581. The third-order valence-corrected chi connectivity index (χ3v) is 3.38. The monoisotopic (exact) mass is 360 g/mol. The zero-order chi connectivity index (χ0) is 14.9. The molecule has 20 heavy (non-hydrogen) atoms. The van der Waals surface area contributed by atoms with Crippen LogP contribution in [0.3, 0.4) is 0 Å². The summed E-state index contributed by atoms with van der Waals surface area (Å²) < 4.78 is 40.6. The van der Waals surface area contributed by atoms with Crippen molar-refractivity contribution in [3.63, 3.8) is 0 Å². The second-order valence-electron chi connectivity index (χ2n) is 3.93. The fraction of sp³-hybridized carbons (Fsp3) is 0. The molecule has 2 rings (SSSR count). The highest BCUT2D eigenvalue weighted by molar-refractivity contribution is 9.10. The number of halogens is 4. The lowest BCUT2D eigenvalue weighted by atomic mass is 10.2. The molecule has 0 fully saturated rings. The average molecular weight is 361 g/mol. The summed E-state index contributed by atoms with van der Waals surface area (Å²) in [5.41, 5.74) is 5.72. The number of hydrogen-bond acceptors (Lipinski definition) is 2. The Kier molecular flexibility index (Phi) is 4.29. The van der Waals surface area contributed by atoms with E-state index in [4.69, 9.17) is 18.0 Å². The average Bonchev–Trinajstić information content (AvgIpc) is 2.37. The van der Waals surface area contributed by atoms with Gasteiger partial charge in [0.15, 0.2) is 0 Å². The first-order chi connectivity index (χ1) is 9.38. The van der Waals surface area contributed by atoms with Crippen LogP contribution in [0.15, 0.2) is 34.8 Å². The molecule has 0 radical (unpaired) electrons. The molecule has 0 unspecified atom stereocenters. The maximum atomic E-state index is 13.8. The van der Waals surface area contributed by atoms with Crippen molar-refractivity contribution in [3.8, 4) is 0 Å². The molecule has 0 heterocycles. The molecule has 0 atom stereocenters. The van der Waals surface area contributed by atoms with Gasteiger partial charge in [-0.15, -0.1) is 0 Å². The maximum absolute atomic E-state index is 13.8. The molecule has 0 aliphatic carbocycles. The standard InChI is InChI=1S/C13H8BrF3N2S/c14-7-4-12(10(17)5-8(7)15)19-11-2-1-6(13(18)20)3-9(11)16/h1-5,19H,(H2,18,20). The summed E-state index contributed by atoms with van der Waals surface area (Å²) in [6.45, 7) is 0. The first-order valence-corrected chi connectivity index (χ1v) is 6.59.